The molecule has 0 spiro atoms. The molecule has 0 heterocycles. The second-order valence-electron chi connectivity index (χ2n) is 6.82. The summed E-state index contributed by atoms with van der Waals surface area (Å²) >= 11 is 5.83. The van der Waals surface area contributed by atoms with Crippen molar-refractivity contribution in [3.63, 3.8) is 0 Å². The molecule has 2 aromatic rings. The lowest BCUT2D eigenvalue weighted by molar-refractivity contribution is -0.151. The van der Waals surface area contributed by atoms with Crippen molar-refractivity contribution in [1.29, 1.82) is 0 Å². The molecule has 0 bridgehead atoms. The number of carbonyl (C=O) groups is 4. The highest BCUT2D eigenvalue weighted by molar-refractivity contribution is 6.30. The summed E-state index contributed by atoms with van der Waals surface area (Å²) in [6, 6.07) is 13.6. The minimum absolute atomic E-state index is 0.232. The number of rotatable bonds is 8. The molecular formula is C22H24ClN3O5. The third kappa shape index (κ3) is 7.42. The molecule has 3 amide bonds. The van der Waals surface area contributed by atoms with Crippen molar-refractivity contribution < 1.29 is 23.9 Å². The SMILES string of the molecule is CCC(C)C(NC(=O)c1ccc(Cl)cc1)C(=O)OCC(=O)NNC(=O)c1ccccc1. The third-order valence-electron chi connectivity index (χ3n) is 4.56. The zero-order valence-electron chi connectivity index (χ0n) is 17.2. The van der Waals surface area contributed by atoms with Crippen LogP contribution < -0.4 is 16.2 Å². The second kappa shape index (κ2) is 11.7. The van der Waals surface area contributed by atoms with E-state index in [2.05, 4.69) is 16.2 Å². The molecule has 0 fully saturated rings. The van der Waals surface area contributed by atoms with Gasteiger partial charge in [-0.2, -0.15) is 0 Å². The number of benzene rings is 2. The average Bonchev–Trinajstić information content (AvgIpc) is 2.79. The number of nitrogens with one attached hydrogen (secondary N) is 3. The number of hydrazine groups is 1. The number of hydrogen-bond acceptors (Lipinski definition) is 5. The van der Waals surface area contributed by atoms with Crippen LogP contribution in [0.25, 0.3) is 0 Å². The first-order chi connectivity index (χ1) is 14.8. The van der Waals surface area contributed by atoms with Crippen molar-refractivity contribution in [2.24, 2.45) is 5.92 Å². The van der Waals surface area contributed by atoms with E-state index in [1.54, 1.807) is 61.5 Å². The Morgan fingerprint density at radius 2 is 1.52 bits per heavy atom. The van der Waals surface area contributed by atoms with E-state index in [4.69, 9.17) is 16.3 Å². The molecule has 0 aromatic heterocycles. The van der Waals surface area contributed by atoms with Crippen molar-refractivity contribution in [1.82, 2.24) is 16.2 Å². The topological polar surface area (TPSA) is 114 Å². The highest BCUT2D eigenvalue weighted by atomic mass is 35.5. The molecule has 0 saturated heterocycles. The van der Waals surface area contributed by atoms with Crippen molar-refractivity contribution in [3.8, 4) is 0 Å². The molecule has 9 heteroatoms. The molecule has 0 radical (unpaired) electrons. The van der Waals surface area contributed by atoms with Gasteiger partial charge in [0.05, 0.1) is 0 Å². The highest BCUT2D eigenvalue weighted by Crippen LogP contribution is 2.13. The van der Waals surface area contributed by atoms with Gasteiger partial charge in [-0.25, -0.2) is 4.79 Å². The van der Waals surface area contributed by atoms with E-state index >= 15 is 0 Å². The van der Waals surface area contributed by atoms with Gasteiger partial charge in [0.1, 0.15) is 6.04 Å². The lowest BCUT2D eigenvalue weighted by Crippen LogP contribution is -2.48. The Hall–Kier alpha value is -3.39. The van der Waals surface area contributed by atoms with E-state index in [1.807, 2.05) is 6.92 Å². The van der Waals surface area contributed by atoms with Gasteiger partial charge in [-0.3, -0.25) is 25.2 Å². The van der Waals surface area contributed by atoms with E-state index in [-0.39, 0.29) is 5.92 Å². The number of halogens is 1. The average molecular weight is 446 g/mol. The Bertz CT molecular complexity index is 919. The monoisotopic (exact) mass is 445 g/mol. The Morgan fingerprint density at radius 1 is 0.903 bits per heavy atom. The smallest absolute Gasteiger partial charge is 0.329 e. The summed E-state index contributed by atoms with van der Waals surface area (Å²) in [4.78, 5) is 48.8. The van der Waals surface area contributed by atoms with Crippen molar-refractivity contribution >= 4 is 35.3 Å². The van der Waals surface area contributed by atoms with Crippen molar-refractivity contribution in [3.05, 3.63) is 70.7 Å². The molecule has 2 atom stereocenters. The van der Waals surface area contributed by atoms with Gasteiger partial charge < -0.3 is 10.1 Å². The maximum absolute atomic E-state index is 12.5. The first-order valence-corrected chi connectivity index (χ1v) is 10.1. The van der Waals surface area contributed by atoms with Gasteiger partial charge in [-0.15, -0.1) is 0 Å². The molecule has 164 valence electrons. The summed E-state index contributed by atoms with van der Waals surface area (Å²) in [6.07, 6.45) is 0.597. The molecule has 2 aromatic carbocycles. The van der Waals surface area contributed by atoms with Gasteiger partial charge in [0, 0.05) is 16.1 Å². The predicted octanol–water partition coefficient (Wildman–Crippen LogP) is 2.49. The fourth-order valence-electron chi connectivity index (χ4n) is 2.55. The summed E-state index contributed by atoms with van der Waals surface area (Å²) in [5.41, 5.74) is 5.11. The largest absolute Gasteiger partial charge is 0.454 e. The van der Waals surface area contributed by atoms with Crippen LogP contribution in [0.4, 0.5) is 0 Å². The number of esters is 1. The van der Waals surface area contributed by atoms with Crippen LogP contribution in [0.5, 0.6) is 0 Å². The van der Waals surface area contributed by atoms with Crippen LogP contribution in [0.2, 0.25) is 5.02 Å². The molecule has 8 nitrogen and oxygen atoms in total. The van der Waals surface area contributed by atoms with Crippen LogP contribution in [-0.4, -0.2) is 36.3 Å². The minimum atomic E-state index is -0.945. The molecule has 0 saturated carbocycles. The molecule has 0 aliphatic carbocycles. The summed E-state index contributed by atoms with van der Waals surface area (Å²) in [5.74, 6) is -2.66. The fraction of sp³-hybridized carbons (Fsp3) is 0.273. The highest BCUT2D eigenvalue weighted by Gasteiger charge is 2.28. The Labute approximate surface area is 185 Å². The first-order valence-electron chi connectivity index (χ1n) is 9.69. The lowest BCUT2D eigenvalue weighted by atomic mass is 9.99. The van der Waals surface area contributed by atoms with Crippen LogP contribution in [0, 0.1) is 5.92 Å². The van der Waals surface area contributed by atoms with Gasteiger partial charge >= 0.3 is 5.97 Å². The zero-order valence-corrected chi connectivity index (χ0v) is 17.9. The van der Waals surface area contributed by atoms with Crippen molar-refractivity contribution in [2.45, 2.75) is 26.3 Å². The summed E-state index contributed by atoms with van der Waals surface area (Å²) in [7, 11) is 0. The fourth-order valence-corrected chi connectivity index (χ4v) is 2.67. The number of hydrogen-bond donors (Lipinski definition) is 3. The van der Waals surface area contributed by atoms with E-state index < -0.39 is 36.3 Å². The quantitative estimate of drug-likeness (QED) is 0.426. The lowest BCUT2D eigenvalue weighted by Gasteiger charge is -2.22. The molecule has 2 unspecified atom stereocenters. The van der Waals surface area contributed by atoms with E-state index in [9.17, 15) is 19.2 Å². The summed E-state index contributed by atoms with van der Waals surface area (Å²) in [5, 5.41) is 3.13. The zero-order chi connectivity index (χ0) is 22.8. The maximum atomic E-state index is 12.5. The van der Waals surface area contributed by atoms with E-state index in [0.717, 1.165) is 0 Å². The van der Waals surface area contributed by atoms with Crippen LogP contribution in [-0.2, 0) is 14.3 Å². The number of amides is 3. The van der Waals surface area contributed by atoms with E-state index in [1.165, 1.54) is 0 Å². The Kier molecular flexibility index (Phi) is 9.02. The molecule has 0 aliphatic heterocycles. The van der Waals surface area contributed by atoms with Crippen LogP contribution in [0.1, 0.15) is 41.0 Å². The third-order valence-corrected chi connectivity index (χ3v) is 4.81. The van der Waals surface area contributed by atoms with Crippen molar-refractivity contribution in [2.75, 3.05) is 6.61 Å². The van der Waals surface area contributed by atoms with Gasteiger partial charge in [-0.05, 0) is 42.3 Å². The summed E-state index contributed by atoms with van der Waals surface area (Å²) in [6.45, 7) is 3.04. The molecule has 0 aliphatic rings. The van der Waals surface area contributed by atoms with E-state index in [0.29, 0.717) is 22.6 Å². The van der Waals surface area contributed by atoms with Gasteiger partial charge in [0.2, 0.25) is 0 Å². The first kappa shape index (κ1) is 23.9. The Balaban J connectivity index is 1.88. The van der Waals surface area contributed by atoms with Gasteiger partial charge in [0.25, 0.3) is 17.7 Å². The van der Waals surface area contributed by atoms with Crippen LogP contribution in [0.3, 0.4) is 0 Å². The standard InChI is InChI=1S/C22H24ClN3O5/c1-3-14(2)19(24-20(28)16-9-11-17(23)12-10-16)22(30)31-13-18(27)25-26-21(29)15-7-5-4-6-8-15/h4-12,14,19H,3,13H2,1-2H3,(H,24,28)(H,25,27)(H,26,29). The second-order valence-corrected chi connectivity index (χ2v) is 7.26. The molecule has 3 N–H and O–H groups in total. The molecular weight excluding hydrogens is 422 g/mol. The number of ether oxygens (including phenoxy) is 1. The normalized spacial score (nSPS) is 12.2. The predicted molar refractivity (Wildman–Crippen MR) is 115 cm³/mol. The molecule has 2 rings (SSSR count). The summed E-state index contributed by atoms with van der Waals surface area (Å²) < 4.78 is 5.04. The minimum Gasteiger partial charge on any atom is -0.454 e. The van der Waals surface area contributed by atoms with Gasteiger partial charge in [-0.1, -0.05) is 50.1 Å². The maximum Gasteiger partial charge on any atom is 0.329 e. The van der Waals surface area contributed by atoms with Crippen LogP contribution in [0.15, 0.2) is 54.6 Å². The number of carbonyl (C=O) groups excluding carboxylic acids is 4. The Morgan fingerprint density at radius 3 is 2.13 bits per heavy atom. The van der Waals surface area contributed by atoms with Gasteiger partial charge in [0.15, 0.2) is 6.61 Å². The van der Waals surface area contributed by atoms with Crippen LogP contribution >= 0.6 is 11.6 Å². The molecule has 31 heavy (non-hydrogen) atoms.